The highest BCUT2D eigenvalue weighted by Gasteiger charge is 2.24. The maximum absolute atomic E-state index is 10.7. The van der Waals surface area contributed by atoms with Crippen molar-refractivity contribution in [3.05, 3.63) is 63.6 Å². The first-order chi connectivity index (χ1) is 9.42. The molecule has 1 unspecified atom stereocenters. The van der Waals surface area contributed by atoms with Gasteiger partial charge in [0.15, 0.2) is 0 Å². The third-order valence-electron chi connectivity index (χ3n) is 3.25. The molecule has 20 heavy (non-hydrogen) atoms. The van der Waals surface area contributed by atoms with Crippen LogP contribution in [0.3, 0.4) is 0 Å². The SMILES string of the molecule is COc1ccc(C(C)(O)Cc2cc(Cl)ccc2Cl)cc1. The molecule has 1 atom stereocenters. The predicted octanol–water partition coefficient (Wildman–Crippen LogP) is 4.45. The van der Waals surface area contributed by atoms with Gasteiger partial charge in [0.05, 0.1) is 12.7 Å². The highest BCUT2D eigenvalue weighted by atomic mass is 35.5. The number of methoxy groups -OCH3 is 1. The number of hydrogen-bond donors (Lipinski definition) is 1. The number of aliphatic hydroxyl groups is 1. The summed E-state index contributed by atoms with van der Waals surface area (Å²) < 4.78 is 5.11. The summed E-state index contributed by atoms with van der Waals surface area (Å²) in [5.41, 5.74) is 0.593. The number of rotatable bonds is 4. The van der Waals surface area contributed by atoms with Crippen LogP contribution in [0, 0.1) is 0 Å². The minimum absolute atomic E-state index is 0.388. The fraction of sp³-hybridized carbons (Fsp3) is 0.250. The van der Waals surface area contributed by atoms with Crippen LogP contribution in [0.1, 0.15) is 18.1 Å². The topological polar surface area (TPSA) is 29.5 Å². The van der Waals surface area contributed by atoms with Crippen LogP contribution in [0.4, 0.5) is 0 Å². The monoisotopic (exact) mass is 310 g/mol. The van der Waals surface area contributed by atoms with E-state index in [9.17, 15) is 5.11 Å². The van der Waals surface area contributed by atoms with E-state index < -0.39 is 5.60 Å². The summed E-state index contributed by atoms with van der Waals surface area (Å²) in [7, 11) is 1.61. The van der Waals surface area contributed by atoms with Crippen molar-refractivity contribution in [2.24, 2.45) is 0 Å². The molecule has 106 valence electrons. The Labute approximate surface area is 128 Å². The van der Waals surface area contributed by atoms with Crippen molar-refractivity contribution < 1.29 is 9.84 Å². The van der Waals surface area contributed by atoms with Gasteiger partial charge in [0.1, 0.15) is 5.75 Å². The van der Waals surface area contributed by atoms with Gasteiger partial charge >= 0.3 is 0 Å². The Morgan fingerprint density at radius 3 is 2.35 bits per heavy atom. The van der Waals surface area contributed by atoms with Gasteiger partial charge < -0.3 is 9.84 Å². The fourth-order valence-corrected chi connectivity index (χ4v) is 2.48. The molecule has 1 N–H and O–H groups in total. The van der Waals surface area contributed by atoms with Crippen LogP contribution in [0.2, 0.25) is 10.0 Å². The maximum Gasteiger partial charge on any atom is 0.118 e. The normalized spacial score (nSPS) is 13.8. The van der Waals surface area contributed by atoms with E-state index in [4.69, 9.17) is 27.9 Å². The third kappa shape index (κ3) is 3.45. The average molecular weight is 311 g/mol. The number of benzene rings is 2. The number of halogens is 2. The summed E-state index contributed by atoms with van der Waals surface area (Å²) >= 11 is 12.1. The van der Waals surface area contributed by atoms with Crippen molar-refractivity contribution in [1.29, 1.82) is 0 Å². The third-order valence-corrected chi connectivity index (χ3v) is 3.86. The molecule has 0 saturated carbocycles. The Bertz CT molecular complexity index is 592. The van der Waals surface area contributed by atoms with Gasteiger partial charge in [0.25, 0.3) is 0 Å². The van der Waals surface area contributed by atoms with E-state index in [2.05, 4.69) is 0 Å². The van der Waals surface area contributed by atoms with Gasteiger partial charge in [-0.2, -0.15) is 0 Å². The molecule has 0 aliphatic carbocycles. The van der Waals surface area contributed by atoms with E-state index in [0.717, 1.165) is 16.9 Å². The first-order valence-electron chi connectivity index (χ1n) is 6.23. The van der Waals surface area contributed by atoms with Crippen LogP contribution >= 0.6 is 23.2 Å². The minimum atomic E-state index is -1.03. The summed E-state index contributed by atoms with van der Waals surface area (Å²) in [5, 5.41) is 11.9. The second-order valence-corrected chi connectivity index (χ2v) is 5.76. The van der Waals surface area contributed by atoms with E-state index in [1.54, 1.807) is 32.2 Å². The van der Waals surface area contributed by atoms with Crippen LogP contribution in [-0.4, -0.2) is 12.2 Å². The standard InChI is InChI=1S/C16H16Cl2O2/c1-16(19,12-3-6-14(20-2)7-4-12)10-11-9-13(17)5-8-15(11)18/h3-9,19H,10H2,1-2H3. The number of ether oxygens (including phenoxy) is 1. The van der Waals surface area contributed by atoms with Crippen molar-refractivity contribution in [3.63, 3.8) is 0 Å². The van der Waals surface area contributed by atoms with E-state index in [1.165, 1.54) is 0 Å². The molecule has 2 rings (SSSR count). The van der Waals surface area contributed by atoms with Crippen molar-refractivity contribution in [1.82, 2.24) is 0 Å². The Morgan fingerprint density at radius 1 is 1.10 bits per heavy atom. The highest BCUT2D eigenvalue weighted by molar-refractivity contribution is 6.33. The zero-order valence-corrected chi connectivity index (χ0v) is 12.9. The van der Waals surface area contributed by atoms with Gasteiger partial charge in [0, 0.05) is 16.5 Å². The van der Waals surface area contributed by atoms with Gasteiger partial charge in [-0.05, 0) is 48.4 Å². The molecule has 0 aliphatic rings. The second kappa shape index (κ2) is 6.04. The smallest absolute Gasteiger partial charge is 0.118 e. The zero-order chi connectivity index (χ0) is 14.8. The summed E-state index contributed by atoms with van der Waals surface area (Å²) in [6.45, 7) is 1.76. The molecule has 0 saturated heterocycles. The molecule has 4 heteroatoms. The van der Waals surface area contributed by atoms with Crippen LogP contribution in [0.15, 0.2) is 42.5 Å². The van der Waals surface area contributed by atoms with Gasteiger partial charge in [-0.3, -0.25) is 0 Å². The molecule has 0 radical (unpaired) electrons. The molecule has 0 heterocycles. The van der Waals surface area contributed by atoms with Crippen LogP contribution in [-0.2, 0) is 12.0 Å². The molecule has 0 aliphatic heterocycles. The largest absolute Gasteiger partial charge is 0.497 e. The summed E-state index contributed by atoms with van der Waals surface area (Å²) in [6.07, 6.45) is 0.388. The highest BCUT2D eigenvalue weighted by Crippen LogP contribution is 2.31. The molecule has 2 nitrogen and oxygen atoms in total. The van der Waals surface area contributed by atoms with E-state index in [0.29, 0.717) is 16.5 Å². The van der Waals surface area contributed by atoms with E-state index >= 15 is 0 Å². The summed E-state index contributed by atoms with van der Waals surface area (Å²) in [4.78, 5) is 0. The van der Waals surface area contributed by atoms with Gasteiger partial charge in [-0.25, -0.2) is 0 Å². The van der Waals surface area contributed by atoms with Crippen molar-refractivity contribution >= 4 is 23.2 Å². The Morgan fingerprint density at radius 2 is 1.75 bits per heavy atom. The first kappa shape index (κ1) is 15.2. The summed E-state index contributed by atoms with van der Waals surface area (Å²) in [6, 6.07) is 12.6. The molecule has 0 fully saturated rings. The zero-order valence-electron chi connectivity index (χ0n) is 11.4. The van der Waals surface area contributed by atoms with Gasteiger partial charge in [-0.15, -0.1) is 0 Å². The van der Waals surface area contributed by atoms with Gasteiger partial charge in [-0.1, -0.05) is 35.3 Å². The molecular formula is C16H16Cl2O2. The predicted molar refractivity (Wildman–Crippen MR) is 82.7 cm³/mol. The molecular weight excluding hydrogens is 295 g/mol. The Balaban J connectivity index is 2.27. The summed E-state index contributed by atoms with van der Waals surface area (Å²) in [5.74, 6) is 0.755. The number of hydrogen-bond acceptors (Lipinski definition) is 2. The Hall–Kier alpha value is -1.22. The lowest BCUT2D eigenvalue weighted by molar-refractivity contribution is 0.0576. The Kier molecular flexibility index (Phi) is 4.59. The van der Waals surface area contributed by atoms with E-state index in [-0.39, 0.29) is 0 Å². The van der Waals surface area contributed by atoms with Crippen LogP contribution in [0.5, 0.6) is 5.75 Å². The van der Waals surface area contributed by atoms with Crippen LogP contribution in [0.25, 0.3) is 0 Å². The van der Waals surface area contributed by atoms with Crippen molar-refractivity contribution in [3.8, 4) is 5.75 Å². The molecule has 0 spiro atoms. The molecule has 0 aromatic heterocycles. The average Bonchev–Trinajstić information content (AvgIpc) is 2.43. The quantitative estimate of drug-likeness (QED) is 0.904. The van der Waals surface area contributed by atoms with E-state index in [1.807, 2.05) is 24.3 Å². The van der Waals surface area contributed by atoms with Gasteiger partial charge in [0.2, 0.25) is 0 Å². The fourth-order valence-electron chi connectivity index (χ4n) is 2.10. The molecule has 0 amide bonds. The lowest BCUT2D eigenvalue weighted by Crippen LogP contribution is -2.24. The molecule has 2 aromatic carbocycles. The minimum Gasteiger partial charge on any atom is -0.497 e. The van der Waals surface area contributed by atoms with Crippen LogP contribution < -0.4 is 4.74 Å². The van der Waals surface area contributed by atoms with Crippen molar-refractivity contribution in [2.45, 2.75) is 18.9 Å². The maximum atomic E-state index is 10.7. The van der Waals surface area contributed by atoms with Crippen molar-refractivity contribution in [2.75, 3.05) is 7.11 Å². The first-order valence-corrected chi connectivity index (χ1v) is 6.99. The molecule has 2 aromatic rings. The lowest BCUT2D eigenvalue weighted by Gasteiger charge is -2.25. The molecule has 0 bridgehead atoms. The second-order valence-electron chi connectivity index (χ2n) is 4.91. The lowest BCUT2D eigenvalue weighted by atomic mass is 9.89.